The van der Waals surface area contributed by atoms with Crippen LogP contribution in [0.1, 0.15) is 5.56 Å². The van der Waals surface area contributed by atoms with Crippen LogP contribution in [0.2, 0.25) is 25.7 Å². The summed E-state index contributed by atoms with van der Waals surface area (Å²) in [5.74, 6) is 0.328. The number of carbonyl (C=O) groups excluding carboxylic acids is 1. The van der Waals surface area contributed by atoms with E-state index in [-0.39, 0.29) is 5.91 Å². The summed E-state index contributed by atoms with van der Waals surface area (Å²) >= 11 is 3.45. The van der Waals surface area contributed by atoms with Gasteiger partial charge in [-0.1, -0.05) is 41.6 Å². The molecule has 21 heavy (non-hydrogen) atoms. The quantitative estimate of drug-likeness (QED) is 0.745. The first-order valence-corrected chi connectivity index (χ1v) is 12.5. The lowest BCUT2D eigenvalue weighted by Crippen LogP contribution is -2.26. The van der Waals surface area contributed by atoms with Crippen molar-refractivity contribution in [3.63, 3.8) is 0 Å². The highest BCUT2D eigenvalue weighted by molar-refractivity contribution is 9.10. The molecular formula is C14H19BrN2O2SSi. The van der Waals surface area contributed by atoms with Gasteiger partial charge < -0.3 is 4.90 Å². The SMILES string of the molecule is CN1C(=O)C(=N[S@@](=O)CC[Si](C)(C)C)c2c(Br)cccc21. The third-order valence-electron chi connectivity index (χ3n) is 3.32. The highest BCUT2D eigenvalue weighted by atomic mass is 79.9. The van der Waals surface area contributed by atoms with Gasteiger partial charge in [-0.25, -0.2) is 4.21 Å². The molecule has 0 aromatic heterocycles. The first kappa shape index (κ1) is 16.6. The maximum absolute atomic E-state index is 12.3. The zero-order valence-corrected chi connectivity index (χ0v) is 16.0. The monoisotopic (exact) mass is 386 g/mol. The third-order valence-corrected chi connectivity index (χ3v) is 7.03. The Labute approximate surface area is 137 Å². The molecule has 1 aliphatic heterocycles. The van der Waals surface area contributed by atoms with Gasteiger partial charge in [0, 0.05) is 30.9 Å². The summed E-state index contributed by atoms with van der Waals surface area (Å²) in [5.41, 5.74) is 1.84. The number of nitrogens with zero attached hydrogens (tertiary/aromatic N) is 2. The van der Waals surface area contributed by atoms with Crippen LogP contribution in [0, 0.1) is 0 Å². The molecule has 1 atom stereocenters. The molecule has 0 fully saturated rings. The van der Waals surface area contributed by atoms with Crippen LogP contribution in [0.15, 0.2) is 27.1 Å². The molecule has 114 valence electrons. The summed E-state index contributed by atoms with van der Waals surface area (Å²) in [7, 11) is -0.900. The number of carbonyl (C=O) groups is 1. The lowest BCUT2D eigenvalue weighted by atomic mass is 10.1. The molecular weight excluding hydrogens is 368 g/mol. The number of anilines is 1. The van der Waals surface area contributed by atoms with E-state index in [9.17, 15) is 9.00 Å². The molecule has 2 rings (SSSR count). The fraction of sp³-hybridized carbons (Fsp3) is 0.429. The molecule has 7 heteroatoms. The van der Waals surface area contributed by atoms with E-state index >= 15 is 0 Å². The van der Waals surface area contributed by atoms with Gasteiger partial charge in [-0.2, -0.15) is 4.40 Å². The van der Waals surface area contributed by atoms with Crippen LogP contribution in [-0.4, -0.2) is 36.7 Å². The molecule has 1 aromatic carbocycles. The topological polar surface area (TPSA) is 49.7 Å². The summed E-state index contributed by atoms with van der Waals surface area (Å²) < 4.78 is 17.2. The largest absolute Gasteiger partial charge is 0.309 e. The van der Waals surface area contributed by atoms with Crippen LogP contribution >= 0.6 is 15.9 Å². The number of halogens is 1. The van der Waals surface area contributed by atoms with Crippen molar-refractivity contribution < 1.29 is 9.00 Å². The molecule has 1 amide bonds. The third kappa shape index (κ3) is 3.70. The average Bonchev–Trinajstić information content (AvgIpc) is 2.62. The Balaban J connectivity index is 2.31. The van der Waals surface area contributed by atoms with Crippen LogP contribution in [0.25, 0.3) is 0 Å². The molecule has 0 aliphatic carbocycles. The van der Waals surface area contributed by atoms with Crippen molar-refractivity contribution in [2.24, 2.45) is 4.40 Å². The van der Waals surface area contributed by atoms with E-state index in [2.05, 4.69) is 40.0 Å². The minimum absolute atomic E-state index is 0.196. The van der Waals surface area contributed by atoms with Gasteiger partial charge in [0.25, 0.3) is 5.91 Å². The van der Waals surface area contributed by atoms with Crippen molar-refractivity contribution in [1.29, 1.82) is 0 Å². The fourth-order valence-corrected chi connectivity index (χ4v) is 6.18. The normalized spacial score (nSPS) is 18.2. The van der Waals surface area contributed by atoms with Crippen LogP contribution < -0.4 is 4.90 Å². The van der Waals surface area contributed by atoms with E-state index in [1.807, 2.05) is 18.2 Å². The Hall–Kier alpha value is -0.793. The molecule has 4 nitrogen and oxygen atoms in total. The Morgan fingerprint density at radius 1 is 1.33 bits per heavy atom. The summed E-state index contributed by atoms with van der Waals surface area (Å²) in [6, 6.07) is 6.54. The maximum atomic E-state index is 12.3. The predicted octanol–water partition coefficient (Wildman–Crippen LogP) is 3.22. The zero-order chi connectivity index (χ0) is 15.8. The molecule has 0 N–H and O–H groups in total. The van der Waals surface area contributed by atoms with E-state index in [0.717, 1.165) is 21.8 Å². The molecule has 0 saturated carbocycles. The Morgan fingerprint density at radius 2 is 2.00 bits per heavy atom. The second-order valence-electron chi connectivity index (χ2n) is 6.27. The van der Waals surface area contributed by atoms with E-state index in [1.54, 1.807) is 11.9 Å². The van der Waals surface area contributed by atoms with Gasteiger partial charge in [0.1, 0.15) is 16.7 Å². The van der Waals surface area contributed by atoms with Crippen molar-refractivity contribution in [3.8, 4) is 0 Å². The second-order valence-corrected chi connectivity index (χ2v) is 14.0. The standard InChI is InChI=1S/C14H19BrN2O2SSi/c1-17-11-7-5-6-10(15)12(11)13(14(17)18)16-20(19)8-9-21(2,3)4/h5-7H,8-9H2,1-4H3/t20-/m0/s1. The molecule has 1 aromatic rings. The highest BCUT2D eigenvalue weighted by Gasteiger charge is 2.33. The minimum atomic E-state index is -1.35. The highest BCUT2D eigenvalue weighted by Crippen LogP contribution is 2.34. The number of rotatable bonds is 4. The molecule has 0 saturated heterocycles. The van der Waals surface area contributed by atoms with Crippen molar-refractivity contribution in [2.75, 3.05) is 17.7 Å². The van der Waals surface area contributed by atoms with Gasteiger partial charge in [0.15, 0.2) is 0 Å². The van der Waals surface area contributed by atoms with Gasteiger partial charge >= 0.3 is 0 Å². The zero-order valence-electron chi connectivity index (χ0n) is 12.6. The number of hydrogen-bond acceptors (Lipinski definition) is 2. The number of hydrogen-bond donors (Lipinski definition) is 0. The van der Waals surface area contributed by atoms with Crippen molar-refractivity contribution in [2.45, 2.75) is 25.7 Å². The van der Waals surface area contributed by atoms with Gasteiger partial charge in [-0.15, -0.1) is 0 Å². The Morgan fingerprint density at radius 3 is 2.62 bits per heavy atom. The molecule has 0 spiro atoms. The van der Waals surface area contributed by atoms with Gasteiger partial charge in [0.05, 0.1) is 5.69 Å². The maximum Gasteiger partial charge on any atom is 0.278 e. The van der Waals surface area contributed by atoms with E-state index in [4.69, 9.17) is 0 Å². The molecule has 1 aliphatic rings. The van der Waals surface area contributed by atoms with Gasteiger partial charge in [-0.05, 0) is 18.2 Å². The smallest absolute Gasteiger partial charge is 0.278 e. The van der Waals surface area contributed by atoms with Crippen LogP contribution in [0.3, 0.4) is 0 Å². The Bertz CT molecular complexity index is 640. The van der Waals surface area contributed by atoms with Crippen molar-refractivity contribution >= 4 is 52.3 Å². The fourth-order valence-electron chi connectivity index (χ4n) is 2.03. The molecule has 0 bridgehead atoms. The number of likely N-dealkylation sites (N-methyl/N-ethyl adjacent to an activating group) is 1. The van der Waals surface area contributed by atoms with Gasteiger partial charge in [-0.3, -0.25) is 4.79 Å². The van der Waals surface area contributed by atoms with Crippen LogP contribution in [-0.2, 0) is 15.8 Å². The lowest BCUT2D eigenvalue weighted by Gasteiger charge is -2.13. The van der Waals surface area contributed by atoms with Gasteiger partial charge in [0.2, 0.25) is 0 Å². The Kier molecular flexibility index (Phi) is 4.84. The lowest BCUT2D eigenvalue weighted by molar-refractivity contribution is -0.111. The van der Waals surface area contributed by atoms with Crippen molar-refractivity contribution in [3.05, 3.63) is 28.2 Å². The summed E-state index contributed by atoms with van der Waals surface area (Å²) in [5, 5.41) is 0. The van der Waals surface area contributed by atoms with E-state index in [0.29, 0.717) is 11.5 Å². The number of amides is 1. The predicted molar refractivity (Wildman–Crippen MR) is 95.3 cm³/mol. The first-order valence-electron chi connectivity index (χ1n) is 6.75. The number of fused-ring (bicyclic) bond motifs is 1. The summed E-state index contributed by atoms with van der Waals surface area (Å²) in [6.45, 7) is 6.70. The second kappa shape index (κ2) is 6.14. The molecule has 0 radical (unpaired) electrons. The van der Waals surface area contributed by atoms with E-state index in [1.165, 1.54) is 0 Å². The van der Waals surface area contributed by atoms with Crippen molar-refractivity contribution in [1.82, 2.24) is 0 Å². The minimum Gasteiger partial charge on any atom is -0.309 e. The average molecular weight is 387 g/mol. The van der Waals surface area contributed by atoms with Crippen LogP contribution in [0.5, 0.6) is 0 Å². The van der Waals surface area contributed by atoms with Crippen LogP contribution in [0.4, 0.5) is 5.69 Å². The van der Waals surface area contributed by atoms with E-state index < -0.39 is 19.1 Å². The summed E-state index contributed by atoms with van der Waals surface area (Å²) in [4.78, 5) is 13.8. The summed E-state index contributed by atoms with van der Waals surface area (Å²) in [6.07, 6.45) is 0. The molecule has 1 heterocycles. The molecule has 0 unspecified atom stereocenters. The number of benzene rings is 1. The first-order chi connectivity index (χ1) is 9.70.